The van der Waals surface area contributed by atoms with E-state index in [0.29, 0.717) is 25.9 Å². The minimum atomic E-state index is -0.603. The molecule has 1 saturated heterocycles. The fourth-order valence-corrected chi connectivity index (χ4v) is 4.75. The average molecular weight is 412 g/mol. The third-order valence-corrected chi connectivity index (χ3v) is 6.51. The third-order valence-electron chi connectivity index (χ3n) is 6.51. The Balaban J connectivity index is 1.39. The van der Waals surface area contributed by atoms with Crippen LogP contribution in [0.4, 0.5) is 8.78 Å². The van der Waals surface area contributed by atoms with E-state index < -0.39 is 11.2 Å². The molecule has 2 aromatic rings. The number of carbonyl (C=O) groups excluding carboxylic acids is 2. The number of carbonyl (C=O) groups is 2. The Bertz CT molecular complexity index is 915. The second kappa shape index (κ2) is 8.54. The number of piperidine rings is 1. The Morgan fingerprint density at radius 2 is 1.57 bits per heavy atom. The van der Waals surface area contributed by atoms with Crippen molar-refractivity contribution in [3.63, 3.8) is 0 Å². The van der Waals surface area contributed by atoms with E-state index in [1.165, 1.54) is 24.3 Å². The minimum absolute atomic E-state index is 0.00881. The van der Waals surface area contributed by atoms with Crippen molar-refractivity contribution in [2.24, 2.45) is 0 Å². The van der Waals surface area contributed by atoms with Crippen LogP contribution in [0.3, 0.4) is 0 Å². The number of nitrogens with zero attached hydrogens (tertiary/aromatic N) is 1. The summed E-state index contributed by atoms with van der Waals surface area (Å²) in [5.74, 6) is -1.14. The lowest BCUT2D eigenvalue weighted by atomic mass is 9.77. The summed E-state index contributed by atoms with van der Waals surface area (Å²) in [5.41, 5.74) is 0.348. The molecule has 30 heavy (non-hydrogen) atoms. The maximum absolute atomic E-state index is 13.9. The summed E-state index contributed by atoms with van der Waals surface area (Å²) < 4.78 is 27.3. The van der Waals surface area contributed by atoms with Crippen molar-refractivity contribution in [3.8, 4) is 0 Å². The summed E-state index contributed by atoms with van der Waals surface area (Å²) in [6.45, 7) is 0.948. The van der Waals surface area contributed by atoms with Crippen LogP contribution in [0.25, 0.3) is 0 Å². The van der Waals surface area contributed by atoms with Crippen LogP contribution in [-0.2, 0) is 10.2 Å². The van der Waals surface area contributed by atoms with E-state index in [-0.39, 0.29) is 29.2 Å². The van der Waals surface area contributed by atoms with Crippen LogP contribution >= 0.6 is 0 Å². The first kappa shape index (κ1) is 20.5. The lowest BCUT2D eigenvalue weighted by Gasteiger charge is -2.35. The molecule has 1 aliphatic heterocycles. The molecule has 0 atom stereocenters. The number of likely N-dealkylation sites (tertiary alicyclic amines) is 1. The molecule has 0 unspecified atom stereocenters. The molecule has 0 spiro atoms. The molecule has 4 rings (SSSR count). The van der Waals surface area contributed by atoms with Crippen molar-refractivity contribution in [2.45, 2.75) is 50.0 Å². The smallest absolute Gasteiger partial charge is 0.256 e. The second-order valence-corrected chi connectivity index (χ2v) is 8.32. The van der Waals surface area contributed by atoms with Gasteiger partial charge in [-0.15, -0.1) is 0 Å². The fourth-order valence-electron chi connectivity index (χ4n) is 4.75. The van der Waals surface area contributed by atoms with Crippen LogP contribution in [0.15, 0.2) is 48.5 Å². The van der Waals surface area contributed by atoms with Crippen molar-refractivity contribution in [3.05, 3.63) is 71.3 Å². The van der Waals surface area contributed by atoms with Gasteiger partial charge in [-0.2, -0.15) is 0 Å². The van der Waals surface area contributed by atoms with Crippen molar-refractivity contribution in [1.82, 2.24) is 10.2 Å². The monoisotopic (exact) mass is 412 g/mol. The van der Waals surface area contributed by atoms with Gasteiger partial charge in [-0.1, -0.05) is 37.1 Å². The minimum Gasteiger partial charge on any atom is -0.352 e. The highest BCUT2D eigenvalue weighted by molar-refractivity contribution is 5.94. The Kier molecular flexibility index (Phi) is 5.84. The molecule has 2 amide bonds. The summed E-state index contributed by atoms with van der Waals surface area (Å²) in [7, 11) is 0. The highest BCUT2D eigenvalue weighted by Gasteiger charge is 2.43. The lowest BCUT2D eigenvalue weighted by molar-refractivity contribution is -0.127. The normalized spacial score (nSPS) is 18.9. The number of amides is 2. The van der Waals surface area contributed by atoms with Crippen molar-refractivity contribution in [2.75, 3.05) is 13.1 Å². The van der Waals surface area contributed by atoms with Gasteiger partial charge >= 0.3 is 0 Å². The van der Waals surface area contributed by atoms with Gasteiger partial charge in [0.15, 0.2) is 0 Å². The molecule has 2 aliphatic rings. The number of rotatable bonds is 4. The molecule has 0 bridgehead atoms. The van der Waals surface area contributed by atoms with Crippen LogP contribution in [0, 0.1) is 11.6 Å². The summed E-state index contributed by atoms with van der Waals surface area (Å²) >= 11 is 0. The second-order valence-electron chi connectivity index (χ2n) is 8.32. The first-order valence-corrected chi connectivity index (χ1v) is 10.6. The van der Waals surface area contributed by atoms with Gasteiger partial charge in [0.2, 0.25) is 5.91 Å². The zero-order chi connectivity index (χ0) is 21.1. The van der Waals surface area contributed by atoms with Gasteiger partial charge in [0.25, 0.3) is 5.91 Å². The highest BCUT2D eigenvalue weighted by atomic mass is 19.1. The van der Waals surface area contributed by atoms with Gasteiger partial charge < -0.3 is 10.2 Å². The van der Waals surface area contributed by atoms with E-state index >= 15 is 0 Å². The number of benzene rings is 2. The number of hydrogen-bond acceptors (Lipinski definition) is 2. The van der Waals surface area contributed by atoms with Crippen molar-refractivity contribution in [1.29, 1.82) is 0 Å². The van der Waals surface area contributed by atoms with Crippen LogP contribution in [-0.4, -0.2) is 35.8 Å². The van der Waals surface area contributed by atoms with E-state index in [1.54, 1.807) is 29.2 Å². The molecule has 2 fully saturated rings. The molecule has 1 heterocycles. The first-order valence-electron chi connectivity index (χ1n) is 10.6. The molecule has 4 nitrogen and oxygen atoms in total. The van der Waals surface area contributed by atoms with Gasteiger partial charge in [0.05, 0.1) is 11.0 Å². The highest BCUT2D eigenvalue weighted by Crippen LogP contribution is 2.41. The first-order chi connectivity index (χ1) is 14.5. The van der Waals surface area contributed by atoms with Crippen molar-refractivity contribution >= 4 is 11.8 Å². The Morgan fingerprint density at radius 1 is 0.933 bits per heavy atom. The van der Waals surface area contributed by atoms with E-state index in [9.17, 15) is 18.4 Å². The van der Waals surface area contributed by atoms with Crippen LogP contribution in [0.1, 0.15) is 54.4 Å². The quantitative estimate of drug-likeness (QED) is 0.818. The van der Waals surface area contributed by atoms with Gasteiger partial charge in [-0.25, -0.2) is 8.78 Å². The van der Waals surface area contributed by atoms with Crippen LogP contribution in [0.5, 0.6) is 0 Å². The molecule has 2 aromatic carbocycles. The Hall–Kier alpha value is -2.76. The summed E-state index contributed by atoms with van der Waals surface area (Å²) in [6, 6.07) is 12.2. The average Bonchev–Trinajstić information content (AvgIpc) is 3.26. The molecule has 0 aromatic heterocycles. The van der Waals surface area contributed by atoms with Gasteiger partial charge in [0, 0.05) is 19.1 Å². The molecule has 1 aliphatic carbocycles. The van der Waals surface area contributed by atoms with Gasteiger partial charge in [-0.3, -0.25) is 9.59 Å². The molecule has 158 valence electrons. The summed E-state index contributed by atoms with van der Waals surface area (Å²) in [6.07, 6.45) is 4.72. The maximum atomic E-state index is 13.9. The zero-order valence-corrected chi connectivity index (χ0v) is 16.9. The number of hydrogen-bond donors (Lipinski definition) is 1. The van der Waals surface area contributed by atoms with Crippen LogP contribution < -0.4 is 5.32 Å². The molecule has 6 heteroatoms. The lowest BCUT2D eigenvalue weighted by Crippen LogP contribution is -2.51. The SMILES string of the molecule is O=C(c1ccccc1F)N1CCC(NC(=O)C2(c3ccc(F)cc3)CCCC2)CC1. The van der Waals surface area contributed by atoms with E-state index in [0.717, 1.165) is 31.2 Å². The maximum Gasteiger partial charge on any atom is 0.256 e. The predicted octanol–water partition coefficient (Wildman–Crippen LogP) is 4.20. The summed E-state index contributed by atoms with van der Waals surface area (Å²) in [5, 5.41) is 3.18. The largest absolute Gasteiger partial charge is 0.352 e. The zero-order valence-electron chi connectivity index (χ0n) is 16.9. The summed E-state index contributed by atoms with van der Waals surface area (Å²) in [4.78, 5) is 27.5. The topological polar surface area (TPSA) is 49.4 Å². The fraction of sp³-hybridized carbons (Fsp3) is 0.417. The van der Waals surface area contributed by atoms with E-state index in [1.807, 2.05) is 0 Å². The number of nitrogens with one attached hydrogen (secondary N) is 1. The van der Waals surface area contributed by atoms with E-state index in [2.05, 4.69) is 5.32 Å². The molecular formula is C24H26F2N2O2. The third kappa shape index (κ3) is 3.95. The van der Waals surface area contributed by atoms with Gasteiger partial charge in [-0.05, 0) is 55.5 Å². The van der Waals surface area contributed by atoms with E-state index in [4.69, 9.17) is 0 Å². The Labute approximate surface area is 175 Å². The predicted molar refractivity (Wildman–Crippen MR) is 110 cm³/mol. The molecule has 0 radical (unpaired) electrons. The Morgan fingerprint density at radius 3 is 2.20 bits per heavy atom. The van der Waals surface area contributed by atoms with Crippen molar-refractivity contribution < 1.29 is 18.4 Å². The van der Waals surface area contributed by atoms with Crippen LogP contribution in [0.2, 0.25) is 0 Å². The van der Waals surface area contributed by atoms with Gasteiger partial charge in [0.1, 0.15) is 11.6 Å². The molecular weight excluding hydrogens is 386 g/mol. The number of halogens is 2. The standard InChI is InChI=1S/C24H26F2N2O2/c25-18-9-7-17(8-10-18)24(13-3-4-14-24)23(30)27-19-11-15-28(16-12-19)22(29)20-5-1-2-6-21(20)26/h1-2,5-10,19H,3-4,11-16H2,(H,27,30). The molecule has 1 N–H and O–H groups in total. The molecule has 1 saturated carbocycles.